The molecular weight excluding hydrogens is 546 g/mol. The summed E-state index contributed by atoms with van der Waals surface area (Å²) in [5.41, 5.74) is 4.01. The number of aromatic nitrogens is 4. The standard InChI is InChI=1S/C19H16FN3O.C12H11ClFN3/c1-13(15-5-7-17(20)8-6-15)22-19-11-21-10-18(23-19)16-4-2-3-14(9-16)12-24;1-8(9-2-4-10(14)5-3-9)16-12-7-15-6-11(13)17-12/h2-13H,1H3,(H,22,23);2-8H,1H3,(H,16,17). The number of aldehydes is 1. The van der Waals surface area contributed by atoms with E-state index in [0.29, 0.717) is 28.0 Å². The zero-order valence-corrected chi connectivity index (χ0v) is 23.1. The molecule has 0 saturated heterocycles. The second kappa shape index (κ2) is 14.0. The number of rotatable bonds is 8. The van der Waals surface area contributed by atoms with Crippen LogP contribution in [0.1, 0.15) is 47.4 Å². The molecule has 5 rings (SSSR count). The van der Waals surface area contributed by atoms with Gasteiger partial charge in [0, 0.05) is 23.2 Å². The summed E-state index contributed by atoms with van der Waals surface area (Å²) in [6.07, 6.45) is 7.14. The fourth-order valence-corrected chi connectivity index (χ4v) is 4.02. The Morgan fingerprint density at radius 3 is 1.80 bits per heavy atom. The van der Waals surface area contributed by atoms with Gasteiger partial charge in [0.15, 0.2) is 0 Å². The molecule has 2 atom stereocenters. The van der Waals surface area contributed by atoms with Gasteiger partial charge in [0.1, 0.15) is 34.7 Å². The molecule has 2 aromatic heterocycles. The van der Waals surface area contributed by atoms with Crippen LogP contribution in [-0.2, 0) is 0 Å². The SMILES string of the molecule is CC(Nc1cncc(-c2cccc(C=O)c2)n1)c1ccc(F)cc1.CC(Nc1cncc(Cl)n1)c1ccc(F)cc1. The topological polar surface area (TPSA) is 92.7 Å². The number of carbonyl (C=O) groups is 1. The first-order chi connectivity index (χ1) is 19.8. The Balaban J connectivity index is 0.000000201. The summed E-state index contributed by atoms with van der Waals surface area (Å²) >= 11 is 5.73. The average molecular weight is 573 g/mol. The van der Waals surface area contributed by atoms with Crippen LogP contribution in [0.5, 0.6) is 0 Å². The first-order valence-corrected chi connectivity index (χ1v) is 13.1. The number of benzene rings is 3. The van der Waals surface area contributed by atoms with Gasteiger partial charge in [-0.1, -0.05) is 54.1 Å². The van der Waals surface area contributed by atoms with E-state index in [0.717, 1.165) is 23.0 Å². The van der Waals surface area contributed by atoms with Crippen LogP contribution < -0.4 is 10.6 Å². The molecule has 2 heterocycles. The quantitative estimate of drug-likeness (QED) is 0.184. The lowest BCUT2D eigenvalue weighted by Crippen LogP contribution is -2.08. The second-order valence-corrected chi connectivity index (χ2v) is 9.48. The predicted octanol–water partition coefficient (Wildman–Crippen LogP) is 7.71. The van der Waals surface area contributed by atoms with Gasteiger partial charge in [0.25, 0.3) is 0 Å². The maximum atomic E-state index is 13.0. The summed E-state index contributed by atoms with van der Waals surface area (Å²) in [7, 11) is 0. The minimum Gasteiger partial charge on any atom is -0.362 e. The molecular formula is C31H27ClF2N6O. The van der Waals surface area contributed by atoms with E-state index in [9.17, 15) is 13.6 Å². The van der Waals surface area contributed by atoms with E-state index < -0.39 is 0 Å². The van der Waals surface area contributed by atoms with Gasteiger partial charge in [-0.2, -0.15) is 0 Å². The molecule has 5 aromatic rings. The van der Waals surface area contributed by atoms with Crippen molar-refractivity contribution in [2.24, 2.45) is 0 Å². The van der Waals surface area contributed by atoms with Crippen LogP contribution in [0.3, 0.4) is 0 Å². The van der Waals surface area contributed by atoms with Crippen molar-refractivity contribution >= 4 is 29.5 Å². The van der Waals surface area contributed by atoms with Crippen molar-refractivity contribution in [3.8, 4) is 11.3 Å². The summed E-state index contributed by atoms with van der Waals surface area (Å²) in [5, 5.41) is 6.72. The lowest BCUT2D eigenvalue weighted by atomic mass is 10.1. The average Bonchev–Trinajstić information content (AvgIpc) is 2.98. The highest BCUT2D eigenvalue weighted by Crippen LogP contribution is 2.22. The van der Waals surface area contributed by atoms with E-state index >= 15 is 0 Å². The highest BCUT2D eigenvalue weighted by atomic mass is 35.5. The van der Waals surface area contributed by atoms with Crippen LogP contribution in [0.2, 0.25) is 5.15 Å². The third-order valence-corrected chi connectivity index (χ3v) is 6.21. The fourth-order valence-electron chi connectivity index (χ4n) is 3.87. The molecule has 0 amide bonds. The van der Waals surface area contributed by atoms with Gasteiger partial charge in [-0.3, -0.25) is 14.8 Å². The zero-order chi connectivity index (χ0) is 29.2. The van der Waals surface area contributed by atoms with Crippen molar-refractivity contribution in [1.82, 2.24) is 19.9 Å². The monoisotopic (exact) mass is 572 g/mol. The van der Waals surface area contributed by atoms with Crippen LogP contribution in [-0.4, -0.2) is 26.2 Å². The Labute approximate surface area is 241 Å². The lowest BCUT2D eigenvalue weighted by molar-refractivity contribution is 0.112. The highest BCUT2D eigenvalue weighted by Gasteiger charge is 2.09. The summed E-state index contributed by atoms with van der Waals surface area (Å²) in [5.74, 6) is 0.696. The van der Waals surface area contributed by atoms with Crippen molar-refractivity contribution in [3.05, 3.63) is 131 Å². The summed E-state index contributed by atoms with van der Waals surface area (Å²) in [4.78, 5) is 27.7. The molecule has 3 aromatic carbocycles. The molecule has 0 bridgehead atoms. The van der Waals surface area contributed by atoms with E-state index in [-0.39, 0.29) is 23.7 Å². The van der Waals surface area contributed by atoms with Crippen molar-refractivity contribution in [2.75, 3.05) is 10.6 Å². The molecule has 0 fully saturated rings. The molecule has 208 valence electrons. The second-order valence-electron chi connectivity index (χ2n) is 9.10. The molecule has 0 spiro atoms. The third-order valence-electron chi connectivity index (χ3n) is 6.03. The highest BCUT2D eigenvalue weighted by molar-refractivity contribution is 6.29. The van der Waals surface area contributed by atoms with E-state index in [4.69, 9.17) is 11.6 Å². The molecule has 10 heteroatoms. The summed E-state index contributed by atoms with van der Waals surface area (Å²) < 4.78 is 25.8. The van der Waals surface area contributed by atoms with Gasteiger partial charge in [-0.25, -0.2) is 18.7 Å². The van der Waals surface area contributed by atoms with Crippen molar-refractivity contribution < 1.29 is 13.6 Å². The first-order valence-electron chi connectivity index (χ1n) is 12.7. The van der Waals surface area contributed by atoms with Gasteiger partial charge in [0.2, 0.25) is 0 Å². The predicted molar refractivity (Wildman–Crippen MR) is 157 cm³/mol. The maximum Gasteiger partial charge on any atom is 0.150 e. The molecule has 0 aliphatic heterocycles. The number of nitrogens with one attached hydrogen (secondary N) is 2. The number of hydrogen-bond donors (Lipinski definition) is 2. The Kier molecular flexibility index (Phi) is 10.0. The van der Waals surface area contributed by atoms with Gasteiger partial charge < -0.3 is 10.6 Å². The molecule has 0 radical (unpaired) electrons. The normalized spacial score (nSPS) is 11.9. The molecule has 0 saturated carbocycles. The Hall–Kier alpha value is -4.76. The van der Waals surface area contributed by atoms with Crippen LogP contribution in [0, 0.1) is 11.6 Å². The molecule has 0 aliphatic rings. The van der Waals surface area contributed by atoms with E-state index in [2.05, 4.69) is 30.6 Å². The third kappa shape index (κ3) is 8.61. The van der Waals surface area contributed by atoms with Crippen LogP contribution >= 0.6 is 11.6 Å². The van der Waals surface area contributed by atoms with Crippen LogP contribution in [0.4, 0.5) is 20.4 Å². The largest absolute Gasteiger partial charge is 0.362 e. The van der Waals surface area contributed by atoms with E-state index in [1.807, 2.05) is 26.0 Å². The van der Waals surface area contributed by atoms with E-state index in [1.165, 1.54) is 30.5 Å². The van der Waals surface area contributed by atoms with Crippen molar-refractivity contribution in [2.45, 2.75) is 25.9 Å². The van der Waals surface area contributed by atoms with E-state index in [1.54, 1.807) is 55.0 Å². The number of halogens is 3. The minimum atomic E-state index is -0.261. The smallest absolute Gasteiger partial charge is 0.150 e. The van der Waals surface area contributed by atoms with Crippen LogP contribution in [0.25, 0.3) is 11.3 Å². The molecule has 41 heavy (non-hydrogen) atoms. The Morgan fingerprint density at radius 1 is 0.732 bits per heavy atom. The molecule has 0 aliphatic carbocycles. The molecule has 2 N–H and O–H groups in total. The fraction of sp³-hybridized carbons (Fsp3) is 0.129. The van der Waals surface area contributed by atoms with Gasteiger partial charge in [0.05, 0.1) is 30.5 Å². The van der Waals surface area contributed by atoms with Gasteiger partial charge in [-0.15, -0.1) is 0 Å². The van der Waals surface area contributed by atoms with Gasteiger partial charge in [-0.05, 0) is 55.3 Å². The molecule has 7 nitrogen and oxygen atoms in total. The summed E-state index contributed by atoms with van der Waals surface area (Å²) in [6.45, 7) is 3.92. The van der Waals surface area contributed by atoms with Crippen molar-refractivity contribution in [1.29, 1.82) is 0 Å². The number of nitrogens with zero attached hydrogens (tertiary/aromatic N) is 4. The Morgan fingerprint density at radius 2 is 1.27 bits per heavy atom. The number of hydrogen-bond acceptors (Lipinski definition) is 7. The number of carbonyl (C=O) groups excluding carboxylic acids is 1. The van der Waals surface area contributed by atoms with Gasteiger partial charge >= 0.3 is 0 Å². The number of anilines is 2. The zero-order valence-electron chi connectivity index (χ0n) is 22.3. The maximum absolute atomic E-state index is 13.0. The summed E-state index contributed by atoms with van der Waals surface area (Å²) in [6, 6.07) is 19.8. The lowest BCUT2D eigenvalue weighted by Gasteiger charge is -2.15. The minimum absolute atomic E-state index is 0.00312. The molecule has 2 unspecified atom stereocenters. The first kappa shape index (κ1) is 29.2. The van der Waals surface area contributed by atoms with Crippen LogP contribution in [0.15, 0.2) is 97.6 Å². The van der Waals surface area contributed by atoms with Crippen molar-refractivity contribution in [3.63, 3.8) is 0 Å². The Bertz CT molecular complexity index is 1580.